The molecule has 1 heterocycles. The van der Waals surface area contributed by atoms with Crippen molar-refractivity contribution in [3.05, 3.63) is 0 Å². The molecule has 0 aliphatic carbocycles. The molecule has 1 saturated heterocycles. The highest BCUT2D eigenvalue weighted by molar-refractivity contribution is 7.80. The third-order valence-corrected chi connectivity index (χ3v) is 4.52. The first-order chi connectivity index (χ1) is 7.26. The van der Waals surface area contributed by atoms with Crippen molar-refractivity contribution in [2.75, 3.05) is 13.1 Å². The highest BCUT2D eigenvalue weighted by atomic mass is 32.1. The van der Waals surface area contributed by atoms with Crippen molar-refractivity contribution in [1.29, 1.82) is 0 Å². The largest absolute Gasteiger partial charge is 0.393 e. The zero-order valence-electron chi connectivity index (χ0n) is 11.2. The quantitative estimate of drug-likeness (QED) is 0.752. The zero-order valence-corrected chi connectivity index (χ0v) is 12.0. The third-order valence-electron chi connectivity index (χ3n) is 3.97. The van der Waals surface area contributed by atoms with Crippen molar-refractivity contribution in [3.63, 3.8) is 0 Å². The Morgan fingerprint density at radius 3 is 2.50 bits per heavy atom. The number of nitrogens with zero attached hydrogens (tertiary/aromatic N) is 1. The first-order valence-electron chi connectivity index (χ1n) is 6.31. The second kappa shape index (κ2) is 5.01. The van der Waals surface area contributed by atoms with E-state index in [1.807, 2.05) is 0 Å². The molecule has 1 rings (SSSR count). The van der Waals surface area contributed by atoms with Gasteiger partial charge in [-0.3, -0.25) is 4.90 Å². The van der Waals surface area contributed by atoms with Crippen LogP contribution in [0.3, 0.4) is 0 Å². The molecule has 1 aliphatic rings. The molecule has 0 amide bonds. The molecule has 0 aromatic heterocycles. The number of thiocarbonyl (C=S) groups is 1. The third kappa shape index (κ3) is 3.42. The fourth-order valence-corrected chi connectivity index (χ4v) is 2.51. The van der Waals surface area contributed by atoms with Crippen molar-refractivity contribution in [3.8, 4) is 0 Å². The van der Waals surface area contributed by atoms with E-state index in [4.69, 9.17) is 18.0 Å². The van der Waals surface area contributed by atoms with Gasteiger partial charge in [-0.15, -0.1) is 0 Å². The van der Waals surface area contributed by atoms with E-state index in [1.54, 1.807) is 0 Å². The summed E-state index contributed by atoms with van der Waals surface area (Å²) in [6.45, 7) is 11.4. The maximum Gasteiger partial charge on any atom is 0.0784 e. The molecular formula is C13H26N2S. The Morgan fingerprint density at radius 1 is 1.44 bits per heavy atom. The smallest absolute Gasteiger partial charge is 0.0784 e. The van der Waals surface area contributed by atoms with Gasteiger partial charge in [0.2, 0.25) is 0 Å². The average Bonchev–Trinajstić information content (AvgIpc) is 2.45. The van der Waals surface area contributed by atoms with Crippen LogP contribution in [0, 0.1) is 5.41 Å². The summed E-state index contributed by atoms with van der Waals surface area (Å²) >= 11 is 5.09. The van der Waals surface area contributed by atoms with Gasteiger partial charge in [-0.2, -0.15) is 0 Å². The molecule has 2 N–H and O–H groups in total. The van der Waals surface area contributed by atoms with E-state index in [0.29, 0.717) is 10.5 Å². The molecule has 94 valence electrons. The van der Waals surface area contributed by atoms with Gasteiger partial charge in [-0.05, 0) is 52.6 Å². The van der Waals surface area contributed by atoms with Crippen LogP contribution in [0.1, 0.15) is 53.4 Å². The summed E-state index contributed by atoms with van der Waals surface area (Å²) in [5, 5.41) is 0. The van der Waals surface area contributed by atoms with Gasteiger partial charge in [0, 0.05) is 11.0 Å². The second-order valence-electron chi connectivity index (χ2n) is 6.25. The molecule has 0 radical (unpaired) electrons. The van der Waals surface area contributed by atoms with Gasteiger partial charge in [0.05, 0.1) is 4.99 Å². The van der Waals surface area contributed by atoms with Crippen LogP contribution in [0.5, 0.6) is 0 Å². The molecule has 0 spiro atoms. The van der Waals surface area contributed by atoms with Crippen LogP contribution in [0.4, 0.5) is 0 Å². The van der Waals surface area contributed by atoms with Crippen LogP contribution in [0.15, 0.2) is 0 Å². The first-order valence-corrected chi connectivity index (χ1v) is 6.71. The van der Waals surface area contributed by atoms with Gasteiger partial charge >= 0.3 is 0 Å². The lowest BCUT2D eigenvalue weighted by molar-refractivity contribution is 0.167. The van der Waals surface area contributed by atoms with Gasteiger partial charge in [0.25, 0.3) is 0 Å². The summed E-state index contributed by atoms with van der Waals surface area (Å²) in [6, 6.07) is 0. The Kier molecular flexibility index (Phi) is 4.35. The van der Waals surface area contributed by atoms with E-state index >= 15 is 0 Å². The molecule has 0 unspecified atom stereocenters. The fourth-order valence-electron chi connectivity index (χ4n) is 2.41. The monoisotopic (exact) mass is 242 g/mol. The minimum Gasteiger partial charge on any atom is -0.393 e. The lowest BCUT2D eigenvalue weighted by Crippen LogP contribution is -2.39. The van der Waals surface area contributed by atoms with Gasteiger partial charge in [-0.1, -0.05) is 26.1 Å². The van der Waals surface area contributed by atoms with Crippen LogP contribution in [-0.2, 0) is 0 Å². The molecular weight excluding hydrogens is 216 g/mol. The Hall–Kier alpha value is -0.150. The molecule has 1 fully saturated rings. The number of nitrogens with two attached hydrogens (primary N) is 1. The van der Waals surface area contributed by atoms with Crippen LogP contribution < -0.4 is 5.73 Å². The van der Waals surface area contributed by atoms with Crippen molar-refractivity contribution < 1.29 is 0 Å². The molecule has 1 aliphatic heterocycles. The molecule has 0 saturated carbocycles. The summed E-state index contributed by atoms with van der Waals surface area (Å²) in [4.78, 5) is 3.25. The topological polar surface area (TPSA) is 29.3 Å². The molecule has 0 atom stereocenters. The number of hydrogen-bond acceptors (Lipinski definition) is 2. The van der Waals surface area contributed by atoms with Crippen LogP contribution >= 0.6 is 12.2 Å². The van der Waals surface area contributed by atoms with E-state index in [2.05, 4.69) is 32.6 Å². The second-order valence-corrected chi connectivity index (χ2v) is 6.69. The Bertz CT molecular complexity index is 259. The molecule has 0 bridgehead atoms. The Labute approximate surface area is 106 Å². The van der Waals surface area contributed by atoms with Crippen LogP contribution in [0.25, 0.3) is 0 Å². The summed E-state index contributed by atoms with van der Waals surface area (Å²) in [5.74, 6) is 0. The average molecular weight is 242 g/mol. The summed E-state index contributed by atoms with van der Waals surface area (Å²) < 4.78 is 0. The van der Waals surface area contributed by atoms with Gasteiger partial charge in [-0.25, -0.2) is 0 Å². The number of hydrogen-bond donors (Lipinski definition) is 1. The van der Waals surface area contributed by atoms with E-state index in [9.17, 15) is 0 Å². The maximum atomic E-state index is 5.74. The summed E-state index contributed by atoms with van der Waals surface area (Å²) in [5.41, 5.74) is 6.14. The van der Waals surface area contributed by atoms with Crippen LogP contribution in [0.2, 0.25) is 0 Å². The van der Waals surface area contributed by atoms with Crippen molar-refractivity contribution in [1.82, 2.24) is 4.90 Å². The molecule has 16 heavy (non-hydrogen) atoms. The Balaban J connectivity index is 2.34. The van der Waals surface area contributed by atoms with Gasteiger partial charge in [0.15, 0.2) is 0 Å². The molecule has 0 aromatic rings. The standard InChI is InChI=1S/C13H26N2S/c1-12(2,11(14)16)7-5-9-15-10-6-8-13(15,3)4/h5-10H2,1-4H3,(H2,14,16). The minimum absolute atomic E-state index is 0.0131. The summed E-state index contributed by atoms with van der Waals surface area (Å²) in [6.07, 6.45) is 4.94. The molecule has 0 aromatic carbocycles. The van der Waals surface area contributed by atoms with E-state index in [-0.39, 0.29) is 5.41 Å². The van der Waals surface area contributed by atoms with E-state index in [0.717, 1.165) is 6.42 Å². The highest BCUT2D eigenvalue weighted by Gasteiger charge is 2.31. The Morgan fingerprint density at radius 2 is 2.06 bits per heavy atom. The number of rotatable bonds is 5. The SMILES string of the molecule is CC(C)(CCCN1CCCC1(C)C)C(N)=S. The lowest BCUT2D eigenvalue weighted by Gasteiger charge is -2.32. The molecule has 2 nitrogen and oxygen atoms in total. The maximum absolute atomic E-state index is 5.74. The van der Waals surface area contributed by atoms with Gasteiger partial charge in [0.1, 0.15) is 0 Å². The predicted molar refractivity (Wildman–Crippen MR) is 74.7 cm³/mol. The van der Waals surface area contributed by atoms with E-state index < -0.39 is 0 Å². The van der Waals surface area contributed by atoms with Crippen molar-refractivity contribution >= 4 is 17.2 Å². The predicted octanol–water partition coefficient (Wildman–Crippen LogP) is 2.95. The fraction of sp³-hybridized carbons (Fsp3) is 0.923. The van der Waals surface area contributed by atoms with Gasteiger partial charge < -0.3 is 5.73 Å². The first kappa shape index (κ1) is 13.9. The zero-order chi connectivity index (χ0) is 12.4. The summed E-state index contributed by atoms with van der Waals surface area (Å²) in [7, 11) is 0. The normalized spacial score (nSPS) is 21.2. The van der Waals surface area contributed by atoms with Crippen molar-refractivity contribution in [2.45, 2.75) is 58.9 Å². The molecule has 3 heteroatoms. The van der Waals surface area contributed by atoms with Crippen molar-refractivity contribution in [2.24, 2.45) is 11.1 Å². The number of likely N-dealkylation sites (tertiary alicyclic amines) is 1. The minimum atomic E-state index is 0.0131. The van der Waals surface area contributed by atoms with Crippen LogP contribution in [-0.4, -0.2) is 28.5 Å². The van der Waals surface area contributed by atoms with E-state index in [1.165, 1.54) is 32.4 Å². The highest BCUT2D eigenvalue weighted by Crippen LogP contribution is 2.29. The lowest BCUT2D eigenvalue weighted by atomic mass is 9.87.